The van der Waals surface area contributed by atoms with Crippen LogP contribution in [0.3, 0.4) is 0 Å². The van der Waals surface area contributed by atoms with E-state index in [-0.39, 0.29) is 24.1 Å². The molecule has 4 rings (SSSR count). The maximum atomic E-state index is 12.2. The van der Waals surface area contributed by atoms with E-state index < -0.39 is 10.9 Å². The van der Waals surface area contributed by atoms with Crippen LogP contribution in [0, 0.1) is 10.1 Å². The highest BCUT2D eigenvalue weighted by molar-refractivity contribution is 5.90. The summed E-state index contributed by atoms with van der Waals surface area (Å²) in [6, 6.07) is 10.4. The number of rotatable bonds is 5. The van der Waals surface area contributed by atoms with E-state index in [9.17, 15) is 14.9 Å². The van der Waals surface area contributed by atoms with Crippen molar-refractivity contribution in [3.63, 3.8) is 0 Å². The molecule has 0 fully saturated rings. The number of ether oxygens (including phenoxy) is 3. The molecule has 0 aliphatic carbocycles. The van der Waals surface area contributed by atoms with Crippen molar-refractivity contribution in [3.05, 3.63) is 64.0 Å². The normalized spacial score (nSPS) is 12.4. The molecule has 0 spiro atoms. The molecule has 1 aromatic heterocycles. The zero-order valence-corrected chi connectivity index (χ0v) is 14.4. The summed E-state index contributed by atoms with van der Waals surface area (Å²) in [6.45, 7) is 0.664. The van der Waals surface area contributed by atoms with E-state index in [0.717, 1.165) is 0 Å². The summed E-state index contributed by atoms with van der Waals surface area (Å²) in [5.74, 6) is 0.748. The Morgan fingerprint density at radius 1 is 1.07 bits per heavy atom. The van der Waals surface area contributed by atoms with Crippen molar-refractivity contribution in [3.8, 4) is 23.0 Å². The third kappa shape index (κ3) is 3.61. The molecule has 1 aliphatic heterocycles. The first-order valence-corrected chi connectivity index (χ1v) is 8.24. The summed E-state index contributed by atoms with van der Waals surface area (Å²) in [5, 5.41) is 18.4. The van der Waals surface area contributed by atoms with Gasteiger partial charge in [0, 0.05) is 17.7 Å². The lowest BCUT2D eigenvalue weighted by Crippen LogP contribution is -2.16. The predicted octanol–water partition coefficient (Wildman–Crippen LogP) is 2.77. The fraction of sp³-hybridized carbons (Fsp3) is 0.167. The Hall–Kier alpha value is -3.95. The predicted molar refractivity (Wildman–Crippen MR) is 92.9 cm³/mol. The largest absolute Gasteiger partial charge is 0.486 e. The van der Waals surface area contributed by atoms with Crippen molar-refractivity contribution in [2.24, 2.45) is 0 Å². The minimum atomic E-state index is -0.577. The van der Waals surface area contributed by atoms with Crippen LogP contribution in [0.4, 0.5) is 5.69 Å². The molecule has 0 saturated carbocycles. The van der Waals surface area contributed by atoms with E-state index >= 15 is 0 Å². The zero-order chi connectivity index (χ0) is 19.5. The van der Waals surface area contributed by atoms with Gasteiger partial charge in [0.2, 0.25) is 5.89 Å². The molecule has 28 heavy (non-hydrogen) atoms. The van der Waals surface area contributed by atoms with Gasteiger partial charge in [0.05, 0.1) is 10.5 Å². The number of nitro benzene ring substituents is 1. The van der Waals surface area contributed by atoms with Gasteiger partial charge < -0.3 is 18.6 Å². The van der Waals surface area contributed by atoms with E-state index in [0.29, 0.717) is 35.8 Å². The average Bonchev–Trinajstić information content (AvgIpc) is 3.21. The van der Waals surface area contributed by atoms with E-state index in [2.05, 4.69) is 10.2 Å². The van der Waals surface area contributed by atoms with Crippen molar-refractivity contribution in [1.29, 1.82) is 0 Å². The second-order valence-corrected chi connectivity index (χ2v) is 5.74. The van der Waals surface area contributed by atoms with Crippen LogP contribution < -0.4 is 9.47 Å². The number of aromatic nitrogens is 2. The van der Waals surface area contributed by atoms with Crippen LogP contribution in [0.25, 0.3) is 11.5 Å². The first-order valence-electron chi connectivity index (χ1n) is 8.24. The topological polar surface area (TPSA) is 127 Å². The molecule has 0 bridgehead atoms. The maximum Gasteiger partial charge on any atom is 0.338 e. The molecule has 2 aromatic carbocycles. The Bertz CT molecular complexity index is 1030. The molecule has 0 saturated heterocycles. The van der Waals surface area contributed by atoms with Gasteiger partial charge in [-0.3, -0.25) is 10.1 Å². The molecule has 10 nitrogen and oxygen atoms in total. The summed E-state index contributed by atoms with van der Waals surface area (Å²) in [7, 11) is 0. The summed E-state index contributed by atoms with van der Waals surface area (Å²) >= 11 is 0. The Kier molecular flexibility index (Phi) is 4.58. The van der Waals surface area contributed by atoms with E-state index in [4.69, 9.17) is 18.6 Å². The highest BCUT2D eigenvalue weighted by atomic mass is 16.6. The number of esters is 1. The first-order chi connectivity index (χ1) is 13.6. The standard InChI is InChI=1S/C18H13N3O7/c22-18(12-3-6-14-15(9-12)26-8-7-25-14)27-10-16-19-20-17(28-16)11-1-4-13(5-2-11)21(23)24/h1-6,9H,7-8,10H2. The second-order valence-electron chi connectivity index (χ2n) is 5.74. The van der Waals surface area contributed by atoms with Crippen molar-refractivity contribution >= 4 is 11.7 Å². The van der Waals surface area contributed by atoms with Gasteiger partial charge in [-0.05, 0) is 30.3 Å². The first kappa shape index (κ1) is 17.5. The quantitative estimate of drug-likeness (QED) is 0.371. The van der Waals surface area contributed by atoms with Crippen molar-refractivity contribution in [2.75, 3.05) is 13.2 Å². The van der Waals surface area contributed by atoms with E-state index in [1.54, 1.807) is 18.2 Å². The van der Waals surface area contributed by atoms with Gasteiger partial charge in [-0.25, -0.2) is 4.79 Å². The zero-order valence-electron chi connectivity index (χ0n) is 14.4. The van der Waals surface area contributed by atoms with Gasteiger partial charge in [-0.15, -0.1) is 10.2 Å². The lowest BCUT2D eigenvalue weighted by atomic mass is 10.2. The molecule has 0 amide bonds. The third-order valence-electron chi connectivity index (χ3n) is 3.90. The van der Waals surface area contributed by atoms with Gasteiger partial charge in [0.15, 0.2) is 18.1 Å². The van der Waals surface area contributed by atoms with Crippen molar-refractivity contribution < 1.29 is 28.3 Å². The maximum absolute atomic E-state index is 12.2. The number of benzene rings is 2. The number of hydrogen-bond donors (Lipinski definition) is 0. The van der Waals surface area contributed by atoms with Gasteiger partial charge >= 0.3 is 5.97 Å². The molecule has 10 heteroatoms. The summed E-state index contributed by atoms with van der Waals surface area (Å²) in [6.07, 6.45) is 0. The number of fused-ring (bicyclic) bond motifs is 1. The molecular weight excluding hydrogens is 370 g/mol. The number of carbonyl (C=O) groups excluding carboxylic acids is 1. The van der Waals surface area contributed by atoms with Crippen LogP contribution in [0.2, 0.25) is 0 Å². The molecule has 0 radical (unpaired) electrons. The third-order valence-corrected chi connectivity index (χ3v) is 3.90. The number of nitro groups is 1. The molecule has 0 atom stereocenters. The fourth-order valence-electron chi connectivity index (χ4n) is 2.54. The Morgan fingerprint density at radius 2 is 1.82 bits per heavy atom. The van der Waals surface area contributed by atoms with Crippen molar-refractivity contribution in [1.82, 2.24) is 10.2 Å². The van der Waals surface area contributed by atoms with Crippen LogP contribution in [0.5, 0.6) is 11.5 Å². The molecule has 0 N–H and O–H groups in total. The SMILES string of the molecule is O=C(OCc1nnc(-c2ccc([N+](=O)[O-])cc2)o1)c1ccc2c(c1)OCCO2. The van der Waals surface area contributed by atoms with Gasteiger partial charge in [0.25, 0.3) is 11.6 Å². The monoisotopic (exact) mass is 383 g/mol. The highest BCUT2D eigenvalue weighted by Gasteiger charge is 2.17. The lowest BCUT2D eigenvalue weighted by molar-refractivity contribution is -0.384. The molecule has 3 aromatic rings. The minimum Gasteiger partial charge on any atom is -0.486 e. The van der Waals surface area contributed by atoms with E-state index in [1.165, 1.54) is 24.3 Å². The number of nitrogens with zero attached hydrogens (tertiary/aromatic N) is 3. The minimum absolute atomic E-state index is 0.0446. The van der Waals surface area contributed by atoms with Gasteiger partial charge in [0.1, 0.15) is 13.2 Å². The van der Waals surface area contributed by atoms with Crippen LogP contribution in [0.1, 0.15) is 16.2 Å². The van der Waals surface area contributed by atoms with Crippen LogP contribution in [0.15, 0.2) is 46.9 Å². The van der Waals surface area contributed by atoms with Gasteiger partial charge in [-0.1, -0.05) is 0 Å². The second kappa shape index (κ2) is 7.35. The number of hydrogen-bond acceptors (Lipinski definition) is 9. The van der Waals surface area contributed by atoms with Crippen LogP contribution >= 0.6 is 0 Å². The van der Waals surface area contributed by atoms with Crippen molar-refractivity contribution in [2.45, 2.75) is 6.61 Å². The summed E-state index contributed by atoms with van der Waals surface area (Å²) in [4.78, 5) is 22.4. The average molecular weight is 383 g/mol. The van der Waals surface area contributed by atoms with Crippen LogP contribution in [-0.2, 0) is 11.3 Å². The number of carbonyl (C=O) groups is 1. The summed E-state index contributed by atoms with van der Waals surface area (Å²) < 4.78 is 21.5. The lowest BCUT2D eigenvalue weighted by Gasteiger charge is -2.18. The highest BCUT2D eigenvalue weighted by Crippen LogP contribution is 2.31. The Morgan fingerprint density at radius 3 is 2.57 bits per heavy atom. The Balaban J connectivity index is 1.40. The smallest absolute Gasteiger partial charge is 0.338 e. The van der Waals surface area contributed by atoms with Crippen LogP contribution in [-0.4, -0.2) is 34.3 Å². The summed E-state index contributed by atoms with van der Waals surface area (Å²) in [5.41, 5.74) is 0.777. The molecule has 142 valence electrons. The number of non-ortho nitro benzene ring substituents is 1. The van der Waals surface area contributed by atoms with Gasteiger partial charge in [-0.2, -0.15) is 0 Å². The Labute approximate surface area is 157 Å². The molecular formula is C18H13N3O7. The fourth-order valence-corrected chi connectivity index (χ4v) is 2.54. The molecule has 1 aliphatic rings. The molecule has 0 unspecified atom stereocenters. The van der Waals surface area contributed by atoms with E-state index in [1.807, 2.05) is 0 Å². The molecule has 2 heterocycles.